The molecule has 0 aromatic heterocycles. The fourth-order valence-corrected chi connectivity index (χ4v) is 3.03. The Labute approximate surface area is 143 Å². The molecule has 1 atom stereocenters. The molecule has 4 nitrogen and oxygen atoms in total. The minimum Gasteiger partial charge on any atom is -0.489 e. The van der Waals surface area contributed by atoms with Gasteiger partial charge in [0.1, 0.15) is 12.4 Å². The molecule has 2 aromatic carbocycles. The molecular weight excluding hydrogens is 298 g/mol. The summed E-state index contributed by atoms with van der Waals surface area (Å²) in [7, 11) is 0. The Morgan fingerprint density at radius 2 is 1.88 bits per heavy atom. The normalized spacial score (nSPS) is 15.8. The van der Waals surface area contributed by atoms with Gasteiger partial charge in [-0.2, -0.15) is 5.26 Å². The van der Waals surface area contributed by atoms with Crippen LogP contribution in [0.5, 0.6) is 5.75 Å². The molecule has 0 bridgehead atoms. The molecule has 1 aliphatic heterocycles. The molecule has 0 aliphatic carbocycles. The lowest BCUT2D eigenvalue weighted by atomic mass is 10.1. The van der Waals surface area contributed by atoms with Crippen molar-refractivity contribution in [3.63, 3.8) is 0 Å². The Morgan fingerprint density at radius 1 is 1.12 bits per heavy atom. The first kappa shape index (κ1) is 16.5. The zero-order valence-corrected chi connectivity index (χ0v) is 13.8. The third-order valence-electron chi connectivity index (χ3n) is 4.43. The summed E-state index contributed by atoms with van der Waals surface area (Å²) < 4.78 is 5.87. The molecule has 0 amide bonds. The highest BCUT2D eigenvalue weighted by Crippen LogP contribution is 2.21. The van der Waals surface area contributed by atoms with Crippen molar-refractivity contribution in [1.82, 2.24) is 4.90 Å². The predicted molar refractivity (Wildman–Crippen MR) is 94.5 cm³/mol. The van der Waals surface area contributed by atoms with E-state index in [-0.39, 0.29) is 6.04 Å². The molecule has 0 unspecified atom stereocenters. The van der Waals surface area contributed by atoms with Gasteiger partial charge in [-0.1, -0.05) is 24.3 Å². The maximum Gasteiger partial charge on any atom is 0.120 e. The van der Waals surface area contributed by atoms with Crippen LogP contribution in [0, 0.1) is 11.3 Å². The number of benzene rings is 2. The summed E-state index contributed by atoms with van der Waals surface area (Å²) in [4.78, 5) is 2.43. The lowest BCUT2D eigenvalue weighted by molar-refractivity contribution is 0.302. The van der Waals surface area contributed by atoms with Crippen molar-refractivity contribution in [2.24, 2.45) is 5.73 Å². The first-order valence-corrected chi connectivity index (χ1v) is 8.44. The molecule has 1 fully saturated rings. The number of hydrogen-bond acceptors (Lipinski definition) is 4. The SMILES string of the molecule is N#Cc1ccc(COc2cccc([C@H](N)CN3CCCC3)c2)cc1. The van der Waals surface area contributed by atoms with Crippen LogP contribution >= 0.6 is 0 Å². The number of nitriles is 1. The maximum absolute atomic E-state index is 8.82. The second-order valence-corrected chi connectivity index (χ2v) is 6.28. The van der Waals surface area contributed by atoms with E-state index in [1.165, 1.54) is 12.8 Å². The largest absolute Gasteiger partial charge is 0.489 e. The molecule has 0 spiro atoms. The van der Waals surface area contributed by atoms with Gasteiger partial charge in [0.05, 0.1) is 11.6 Å². The summed E-state index contributed by atoms with van der Waals surface area (Å²) in [5.41, 5.74) is 9.17. The predicted octanol–water partition coefficient (Wildman–Crippen LogP) is 3.23. The van der Waals surface area contributed by atoms with Crippen LogP contribution in [-0.4, -0.2) is 24.5 Å². The van der Waals surface area contributed by atoms with Crippen LogP contribution in [-0.2, 0) is 6.61 Å². The van der Waals surface area contributed by atoms with Gasteiger partial charge in [0.2, 0.25) is 0 Å². The molecule has 0 saturated carbocycles. The van der Waals surface area contributed by atoms with Gasteiger partial charge >= 0.3 is 0 Å². The third kappa shape index (κ3) is 4.35. The minimum absolute atomic E-state index is 0.0153. The summed E-state index contributed by atoms with van der Waals surface area (Å²) in [6.45, 7) is 3.70. The second-order valence-electron chi connectivity index (χ2n) is 6.28. The maximum atomic E-state index is 8.82. The lowest BCUT2D eigenvalue weighted by Gasteiger charge is -2.20. The van der Waals surface area contributed by atoms with Crippen molar-refractivity contribution in [3.8, 4) is 11.8 Å². The van der Waals surface area contributed by atoms with Gasteiger partial charge in [0.25, 0.3) is 0 Å². The van der Waals surface area contributed by atoms with Gasteiger partial charge in [0, 0.05) is 12.6 Å². The van der Waals surface area contributed by atoms with Crippen LogP contribution in [0.3, 0.4) is 0 Å². The summed E-state index contributed by atoms with van der Waals surface area (Å²) in [6.07, 6.45) is 2.56. The van der Waals surface area contributed by atoms with E-state index in [1.54, 1.807) is 12.1 Å². The van der Waals surface area contributed by atoms with E-state index in [4.69, 9.17) is 15.7 Å². The average molecular weight is 321 g/mol. The molecular formula is C20H23N3O. The highest BCUT2D eigenvalue weighted by molar-refractivity contribution is 5.33. The molecule has 3 rings (SSSR count). The zero-order valence-electron chi connectivity index (χ0n) is 13.8. The van der Waals surface area contributed by atoms with Crippen molar-refractivity contribution in [3.05, 3.63) is 65.2 Å². The van der Waals surface area contributed by atoms with Crippen molar-refractivity contribution in [2.75, 3.05) is 19.6 Å². The van der Waals surface area contributed by atoms with Gasteiger partial charge in [0.15, 0.2) is 0 Å². The Kier molecular flexibility index (Phi) is 5.47. The summed E-state index contributed by atoms with van der Waals surface area (Å²) in [5, 5.41) is 8.82. The number of nitrogens with two attached hydrogens (primary N) is 1. The van der Waals surface area contributed by atoms with E-state index < -0.39 is 0 Å². The zero-order chi connectivity index (χ0) is 16.8. The van der Waals surface area contributed by atoms with E-state index in [0.717, 1.165) is 36.5 Å². The van der Waals surface area contributed by atoms with Gasteiger partial charge in [-0.15, -0.1) is 0 Å². The standard InChI is InChI=1S/C20H23N3O/c21-13-16-6-8-17(9-7-16)15-24-19-5-3-4-18(12-19)20(22)14-23-10-1-2-11-23/h3-9,12,20H,1-2,10-11,14-15,22H2/t20-/m1/s1. The number of rotatable bonds is 6. The Balaban J connectivity index is 1.58. The van der Waals surface area contributed by atoms with Crippen LogP contribution in [0.1, 0.15) is 35.6 Å². The summed E-state index contributed by atoms with van der Waals surface area (Å²) >= 11 is 0. The Morgan fingerprint density at radius 3 is 2.58 bits per heavy atom. The fourth-order valence-electron chi connectivity index (χ4n) is 3.03. The molecule has 2 N–H and O–H groups in total. The van der Waals surface area contributed by atoms with E-state index in [0.29, 0.717) is 12.2 Å². The summed E-state index contributed by atoms with van der Waals surface area (Å²) in [5.74, 6) is 0.828. The van der Waals surface area contributed by atoms with Crippen molar-refractivity contribution >= 4 is 0 Å². The molecule has 1 aliphatic rings. The Hall–Kier alpha value is -2.35. The molecule has 1 saturated heterocycles. The third-order valence-corrected chi connectivity index (χ3v) is 4.43. The van der Waals surface area contributed by atoms with Gasteiger partial charge < -0.3 is 15.4 Å². The first-order valence-electron chi connectivity index (χ1n) is 8.44. The van der Waals surface area contributed by atoms with E-state index in [9.17, 15) is 0 Å². The van der Waals surface area contributed by atoms with Crippen molar-refractivity contribution in [2.45, 2.75) is 25.5 Å². The summed E-state index contributed by atoms with van der Waals surface area (Å²) in [6, 6.07) is 17.6. The van der Waals surface area contributed by atoms with Crippen LogP contribution < -0.4 is 10.5 Å². The number of likely N-dealkylation sites (tertiary alicyclic amines) is 1. The van der Waals surface area contributed by atoms with Crippen LogP contribution in [0.25, 0.3) is 0 Å². The smallest absolute Gasteiger partial charge is 0.120 e. The topological polar surface area (TPSA) is 62.3 Å². The van der Waals surface area contributed by atoms with Gasteiger partial charge in [-0.25, -0.2) is 0 Å². The van der Waals surface area contributed by atoms with Gasteiger partial charge in [-0.3, -0.25) is 0 Å². The van der Waals surface area contributed by atoms with Crippen molar-refractivity contribution < 1.29 is 4.74 Å². The number of hydrogen-bond donors (Lipinski definition) is 1. The van der Waals surface area contributed by atoms with Crippen LogP contribution in [0.4, 0.5) is 0 Å². The molecule has 124 valence electrons. The second kappa shape index (κ2) is 7.96. The highest BCUT2D eigenvalue weighted by atomic mass is 16.5. The van der Waals surface area contributed by atoms with Crippen LogP contribution in [0.15, 0.2) is 48.5 Å². The minimum atomic E-state index is 0.0153. The van der Waals surface area contributed by atoms with Crippen molar-refractivity contribution in [1.29, 1.82) is 5.26 Å². The quantitative estimate of drug-likeness (QED) is 0.887. The van der Waals surface area contributed by atoms with E-state index in [2.05, 4.69) is 17.0 Å². The molecule has 24 heavy (non-hydrogen) atoms. The van der Waals surface area contributed by atoms with Gasteiger partial charge in [-0.05, 0) is 61.3 Å². The molecule has 1 heterocycles. The number of ether oxygens (including phenoxy) is 1. The van der Waals surface area contributed by atoms with E-state index in [1.807, 2.05) is 30.3 Å². The molecule has 0 radical (unpaired) electrons. The number of nitrogens with zero attached hydrogens (tertiary/aromatic N) is 2. The molecule has 2 aromatic rings. The average Bonchev–Trinajstić information content (AvgIpc) is 3.13. The highest BCUT2D eigenvalue weighted by Gasteiger charge is 2.16. The first-order chi connectivity index (χ1) is 11.7. The fraction of sp³-hybridized carbons (Fsp3) is 0.350. The molecule has 4 heteroatoms. The monoisotopic (exact) mass is 321 g/mol. The van der Waals surface area contributed by atoms with Crippen LogP contribution in [0.2, 0.25) is 0 Å². The van der Waals surface area contributed by atoms with E-state index >= 15 is 0 Å². The lowest BCUT2D eigenvalue weighted by Crippen LogP contribution is -2.29. The Bertz CT molecular complexity index is 700.